The summed E-state index contributed by atoms with van der Waals surface area (Å²) >= 11 is 0. The predicted octanol–water partition coefficient (Wildman–Crippen LogP) is 1.66. The van der Waals surface area contributed by atoms with Crippen molar-refractivity contribution in [2.45, 2.75) is 12.7 Å². The number of benzene rings is 1. The lowest BCUT2D eigenvalue weighted by Gasteiger charge is -2.08. The van der Waals surface area contributed by atoms with Crippen LogP contribution >= 0.6 is 0 Å². The van der Waals surface area contributed by atoms with Crippen molar-refractivity contribution in [3.8, 4) is 6.07 Å². The third-order valence-corrected chi connectivity index (χ3v) is 2.34. The van der Waals surface area contributed by atoms with Crippen LogP contribution in [0.25, 0.3) is 11.0 Å². The number of nitrogens with zero attached hydrogens (tertiary/aromatic N) is 3. The van der Waals surface area contributed by atoms with E-state index in [1.54, 1.807) is 24.3 Å². The van der Waals surface area contributed by atoms with Gasteiger partial charge in [0.05, 0.1) is 23.5 Å². The maximum absolute atomic E-state index is 13.6. The molecule has 0 saturated carbocycles. The summed E-state index contributed by atoms with van der Waals surface area (Å²) < 4.78 is 14.6. The van der Waals surface area contributed by atoms with Crippen LogP contribution in [0.3, 0.4) is 0 Å². The highest BCUT2D eigenvalue weighted by Gasteiger charge is 2.23. The van der Waals surface area contributed by atoms with E-state index in [4.69, 9.17) is 10.4 Å². The van der Waals surface area contributed by atoms with Crippen LogP contribution in [-0.2, 0) is 11.2 Å². The molecule has 0 aliphatic rings. The predicted molar refractivity (Wildman–Crippen MR) is 56.8 cm³/mol. The maximum atomic E-state index is 13.6. The zero-order valence-electron chi connectivity index (χ0n) is 8.67. The van der Waals surface area contributed by atoms with Crippen molar-refractivity contribution in [2.24, 2.45) is 0 Å². The molecule has 1 atom stereocenters. The fraction of sp³-hybridized carbons (Fsp3) is 0.182. The highest BCUT2D eigenvalue weighted by molar-refractivity contribution is 5.79. The quantitative estimate of drug-likeness (QED) is 0.874. The number of hydrogen-bond acceptors (Lipinski definition) is 3. The van der Waals surface area contributed by atoms with Crippen molar-refractivity contribution in [2.75, 3.05) is 0 Å². The highest BCUT2D eigenvalue weighted by atomic mass is 19.1. The van der Waals surface area contributed by atoms with Gasteiger partial charge in [-0.2, -0.15) is 5.26 Å². The Labute approximate surface area is 95.7 Å². The molecular formula is C11H8FN3O2. The minimum absolute atomic E-state index is 0.114. The molecule has 0 amide bonds. The average molecular weight is 233 g/mol. The molecule has 0 aliphatic heterocycles. The van der Waals surface area contributed by atoms with Gasteiger partial charge < -0.3 is 5.11 Å². The van der Waals surface area contributed by atoms with Gasteiger partial charge in [-0.25, -0.2) is 14.2 Å². The van der Waals surface area contributed by atoms with Gasteiger partial charge in [0.15, 0.2) is 0 Å². The Balaban J connectivity index is 2.68. The zero-order valence-corrected chi connectivity index (χ0v) is 8.67. The molecule has 0 bridgehead atoms. The summed E-state index contributed by atoms with van der Waals surface area (Å²) in [6, 6.07) is 8.41. The molecule has 0 radical (unpaired) electrons. The van der Waals surface area contributed by atoms with Crippen molar-refractivity contribution in [3.05, 3.63) is 30.1 Å². The van der Waals surface area contributed by atoms with Crippen LogP contribution in [-0.4, -0.2) is 20.6 Å². The normalized spacial score (nSPS) is 12.2. The second-order valence-electron chi connectivity index (χ2n) is 3.40. The SMILES string of the molecule is N#CCc1nc2ccccc2n1C(F)C(=O)O. The fourth-order valence-corrected chi connectivity index (χ4v) is 1.65. The van der Waals surface area contributed by atoms with Crippen molar-refractivity contribution in [1.82, 2.24) is 9.55 Å². The van der Waals surface area contributed by atoms with E-state index in [9.17, 15) is 9.18 Å². The Morgan fingerprint density at radius 2 is 2.29 bits per heavy atom. The zero-order chi connectivity index (χ0) is 12.4. The molecule has 1 unspecified atom stereocenters. The Hall–Kier alpha value is -2.42. The van der Waals surface area contributed by atoms with E-state index < -0.39 is 12.3 Å². The second kappa shape index (κ2) is 4.22. The van der Waals surface area contributed by atoms with Gasteiger partial charge in [0.2, 0.25) is 0 Å². The van der Waals surface area contributed by atoms with Gasteiger partial charge in [0.25, 0.3) is 6.30 Å². The summed E-state index contributed by atoms with van der Waals surface area (Å²) in [5.41, 5.74) is 0.842. The molecule has 1 aromatic carbocycles. The van der Waals surface area contributed by atoms with Crippen LogP contribution in [0.5, 0.6) is 0 Å². The van der Waals surface area contributed by atoms with Crippen molar-refractivity contribution in [3.63, 3.8) is 0 Å². The van der Waals surface area contributed by atoms with Crippen LogP contribution in [0.4, 0.5) is 4.39 Å². The van der Waals surface area contributed by atoms with Crippen LogP contribution in [0.1, 0.15) is 12.1 Å². The molecule has 2 aromatic rings. The van der Waals surface area contributed by atoms with E-state index in [0.29, 0.717) is 11.0 Å². The monoisotopic (exact) mass is 233 g/mol. The maximum Gasteiger partial charge on any atom is 0.359 e. The van der Waals surface area contributed by atoms with E-state index in [-0.39, 0.29) is 12.2 Å². The summed E-state index contributed by atoms with van der Waals surface area (Å²) in [5, 5.41) is 17.3. The Bertz CT molecular complexity index is 615. The van der Waals surface area contributed by atoms with E-state index in [2.05, 4.69) is 4.98 Å². The number of carboxylic acids is 1. The number of nitriles is 1. The number of halogens is 1. The van der Waals surface area contributed by atoms with Gasteiger partial charge in [-0.3, -0.25) is 4.57 Å². The van der Waals surface area contributed by atoms with Crippen LogP contribution in [0.15, 0.2) is 24.3 Å². The van der Waals surface area contributed by atoms with E-state index >= 15 is 0 Å². The first-order valence-electron chi connectivity index (χ1n) is 4.85. The van der Waals surface area contributed by atoms with Gasteiger partial charge in [-0.05, 0) is 12.1 Å². The van der Waals surface area contributed by atoms with Crippen molar-refractivity contribution >= 4 is 17.0 Å². The number of fused-ring (bicyclic) bond motifs is 1. The first-order chi connectivity index (χ1) is 8.15. The molecule has 1 heterocycles. The molecule has 0 aliphatic carbocycles. The third-order valence-electron chi connectivity index (χ3n) is 2.34. The summed E-state index contributed by atoms with van der Waals surface area (Å²) in [6.07, 6.45) is -2.37. The standard InChI is InChI=1S/C11H8FN3O2/c12-10(11(16)17)15-8-4-2-1-3-7(8)14-9(15)5-6-13/h1-4,10H,5H2,(H,16,17). The Morgan fingerprint density at radius 1 is 1.59 bits per heavy atom. The van der Waals surface area contributed by atoms with Gasteiger partial charge in [0.1, 0.15) is 5.82 Å². The van der Waals surface area contributed by atoms with Crippen molar-refractivity contribution < 1.29 is 14.3 Å². The number of hydrogen-bond donors (Lipinski definition) is 1. The molecule has 86 valence electrons. The molecular weight excluding hydrogens is 225 g/mol. The van der Waals surface area contributed by atoms with Crippen molar-refractivity contribution in [1.29, 1.82) is 5.26 Å². The lowest BCUT2D eigenvalue weighted by atomic mass is 10.3. The second-order valence-corrected chi connectivity index (χ2v) is 3.40. The topological polar surface area (TPSA) is 78.9 Å². The number of carbonyl (C=O) groups is 1. The smallest absolute Gasteiger partial charge is 0.359 e. The number of alkyl halides is 1. The molecule has 6 heteroatoms. The van der Waals surface area contributed by atoms with E-state index in [1.807, 2.05) is 6.07 Å². The molecule has 0 saturated heterocycles. The van der Waals surface area contributed by atoms with Gasteiger partial charge >= 0.3 is 5.97 Å². The number of carboxylic acid groups (broad SMARTS) is 1. The Morgan fingerprint density at radius 3 is 2.94 bits per heavy atom. The minimum Gasteiger partial charge on any atom is -0.478 e. The average Bonchev–Trinajstić information content (AvgIpc) is 2.66. The third kappa shape index (κ3) is 1.83. The largest absolute Gasteiger partial charge is 0.478 e. The highest BCUT2D eigenvalue weighted by Crippen LogP contribution is 2.22. The van der Waals surface area contributed by atoms with Gasteiger partial charge in [-0.15, -0.1) is 0 Å². The van der Waals surface area contributed by atoms with E-state index in [1.165, 1.54) is 0 Å². The lowest BCUT2D eigenvalue weighted by molar-refractivity contribution is -0.146. The number of aromatic nitrogens is 2. The number of para-hydroxylation sites is 2. The fourth-order valence-electron chi connectivity index (χ4n) is 1.65. The molecule has 17 heavy (non-hydrogen) atoms. The van der Waals surface area contributed by atoms with Crippen LogP contribution in [0.2, 0.25) is 0 Å². The molecule has 2 rings (SSSR count). The van der Waals surface area contributed by atoms with E-state index in [0.717, 1.165) is 4.57 Å². The van der Waals surface area contributed by atoms with Crippen LogP contribution < -0.4 is 0 Å². The summed E-state index contributed by atoms with van der Waals surface area (Å²) in [7, 11) is 0. The number of imidazole rings is 1. The minimum atomic E-state index is -2.23. The lowest BCUT2D eigenvalue weighted by Crippen LogP contribution is -2.16. The van der Waals surface area contributed by atoms with Crippen LogP contribution in [0, 0.1) is 11.3 Å². The molecule has 0 fully saturated rings. The number of aliphatic carboxylic acids is 1. The summed E-state index contributed by atoms with van der Waals surface area (Å²) in [4.78, 5) is 14.7. The summed E-state index contributed by atoms with van der Waals surface area (Å²) in [6.45, 7) is 0. The first-order valence-corrected chi connectivity index (χ1v) is 4.85. The summed E-state index contributed by atoms with van der Waals surface area (Å²) in [5.74, 6) is -1.49. The molecule has 1 N–H and O–H groups in total. The van der Waals surface area contributed by atoms with Gasteiger partial charge in [0, 0.05) is 0 Å². The Kier molecular flexibility index (Phi) is 2.75. The molecule has 1 aromatic heterocycles. The first kappa shape index (κ1) is 11.1. The molecule has 5 nitrogen and oxygen atoms in total. The number of rotatable bonds is 3. The molecule has 0 spiro atoms. The van der Waals surface area contributed by atoms with Gasteiger partial charge in [-0.1, -0.05) is 12.1 Å².